The molecular formula is C13H17BrO2. The molecule has 1 aromatic rings. The van der Waals surface area contributed by atoms with Gasteiger partial charge < -0.3 is 4.74 Å². The molecule has 0 unspecified atom stereocenters. The van der Waals surface area contributed by atoms with Crippen molar-refractivity contribution < 1.29 is 9.53 Å². The van der Waals surface area contributed by atoms with Crippen LogP contribution in [0.4, 0.5) is 0 Å². The van der Waals surface area contributed by atoms with E-state index in [0.29, 0.717) is 17.7 Å². The van der Waals surface area contributed by atoms with Crippen molar-refractivity contribution in [3.05, 3.63) is 28.2 Å². The molecule has 0 atom stereocenters. The summed E-state index contributed by atoms with van der Waals surface area (Å²) >= 11 is 3.39. The number of hydrogen-bond donors (Lipinski definition) is 0. The summed E-state index contributed by atoms with van der Waals surface area (Å²) in [5.74, 6) is 0.846. The number of ether oxygens (including phenoxy) is 1. The van der Waals surface area contributed by atoms with E-state index in [-0.39, 0.29) is 11.2 Å². The maximum absolute atomic E-state index is 12.1. The number of methoxy groups -OCH3 is 1. The molecule has 0 amide bonds. The van der Waals surface area contributed by atoms with Gasteiger partial charge in [-0.2, -0.15) is 0 Å². The molecule has 0 saturated heterocycles. The van der Waals surface area contributed by atoms with Crippen LogP contribution in [0.15, 0.2) is 22.7 Å². The molecule has 88 valence electrons. The lowest BCUT2D eigenvalue weighted by Gasteiger charge is -2.17. The molecule has 0 saturated carbocycles. The van der Waals surface area contributed by atoms with E-state index in [9.17, 15) is 4.79 Å². The van der Waals surface area contributed by atoms with Crippen molar-refractivity contribution in [1.82, 2.24) is 0 Å². The third kappa shape index (κ3) is 3.63. The smallest absolute Gasteiger partial charge is 0.164 e. The Labute approximate surface area is 105 Å². The number of hydrogen-bond acceptors (Lipinski definition) is 2. The first kappa shape index (κ1) is 13.2. The summed E-state index contributed by atoms with van der Waals surface area (Å²) in [6, 6.07) is 5.45. The highest BCUT2D eigenvalue weighted by Crippen LogP contribution is 2.27. The zero-order valence-corrected chi connectivity index (χ0v) is 11.7. The lowest BCUT2D eigenvalue weighted by molar-refractivity contribution is 0.0939. The normalized spacial score (nSPS) is 11.3. The predicted octanol–water partition coefficient (Wildman–Crippen LogP) is 4.08. The Bertz CT molecular complexity index is 391. The van der Waals surface area contributed by atoms with Gasteiger partial charge in [-0.25, -0.2) is 0 Å². The molecule has 0 heterocycles. The summed E-state index contributed by atoms with van der Waals surface area (Å²) in [4.78, 5) is 12.1. The minimum absolute atomic E-state index is 0.000397. The second-order valence-electron chi connectivity index (χ2n) is 5.01. The number of rotatable bonds is 3. The van der Waals surface area contributed by atoms with Gasteiger partial charge in [0.05, 0.1) is 7.11 Å². The number of benzene rings is 1. The molecule has 0 aromatic heterocycles. The van der Waals surface area contributed by atoms with Gasteiger partial charge in [0.2, 0.25) is 0 Å². The zero-order chi connectivity index (χ0) is 12.3. The van der Waals surface area contributed by atoms with E-state index >= 15 is 0 Å². The molecule has 0 aliphatic carbocycles. The number of ketones is 1. The minimum atomic E-state index is -0.000397. The van der Waals surface area contributed by atoms with Gasteiger partial charge >= 0.3 is 0 Å². The van der Waals surface area contributed by atoms with Crippen molar-refractivity contribution in [1.29, 1.82) is 0 Å². The second-order valence-corrected chi connectivity index (χ2v) is 5.86. The summed E-state index contributed by atoms with van der Waals surface area (Å²) in [5, 5.41) is 0. The van der Waals surface area contributed by atoms with Crippen LogP contribution in [0.1, 0.15) is 37.6 Å². The number of Topliss-reactive ketones (excluding diaryl/α,β-unsaturated/α-hetero) is 1. The van der Waals surface area contributed by atoms with Crippen LogP contribution in [0.3, 0.4) is 0 Å². The van der Waals surface area contributed by atoms with E-state index in [0.717, 1.165) is 4.47 Å². The van der Waals surface area contributed by atoms with Crippen LogP contribution in [-0.2, 0) is 0 Å². The van der Waals surface area contributed by atoms with Gasteiger partial charge in [-0.05, 0) is 23.6 Å². The SMILES string of the molecule is COc1ccc(Br)c(C(=O)CC(C)(C)C)c1. The molecule has 0 radical (unpaired) electrons. The fourth-order valence-corrected chi connectivity index (χ4v) is 1.89. The van der Waals surface area contributed by atoms with Gasteiger partial charge in [0.1, 0.15) is 5.75 Å². The van der Waals surface area contributed by atoms with E-state index in [1.165, 1.54) is 0 Å². The van der Waals surface area contributed by atoms with Crippen LogP contribution in [0.2, 0.25) is 0 Å². The highest BCUT2D eigenvalue weighted by molar-refractivity contribution is 9.10. The van der Waals surface area contributed by atoms with Gasteiger partial charge in [-0.1, -0.05) is 36.7 Å². The molecule has 0 aliphatic rings. The van der Waals surface area contributed by atoms with Crippen molar-refractivity contribution in [3.8, 4) is 5.75 Å². The van der Waals surface area contributed by atoms with Crippen molar-refractivity contribution in [2.75, 3.05) is 7.11 Å². The van der Waals surface area contributed by atoms with Gasteiger partial charge in [-0.15, -0.1) is 0 Å². The van der Waals surface area contributed by atoms with Crippen LogP contribution < -0.4 is 4.74 Å². The van der Waals surface area contributed by atoms with Crippen molar-refractivity contribution in [2.24, 2.45) is 5.41 Å². The fourth-order valence-electron chi connectivity index (χ4n) is 1.42. The Morgan fingerprint density at radius 3 is 2.50 bits per heavy atom. The van der Waals surface area contributed by atoms with Gasteiger partial charge in [0, 0.05) is 16.5 Å². The topological polar surface area (TPSA) is 26.3 Å². The van der Waals surface area contributed by atoms with E-state index < -0.39 is 0 Å². The summed E-state index contributed by atoms with van der Waals surface area (Å²) in [5.41, 5.74) is 0.689. The fraction of sp³-hybridized carbons (Fsp3) is 0.462. The van der Waals surface area contributed by atoms with Crippen LogP contribution in [0.25, 0.3) is 0 Å². The largest absolute Gasteiger partial charge is 0.497 e. The van der Waals surface area contributed by atoms with Crippen LogP contribution in [0, 0.1) is 5.41 Å². The summed E-state index contributed by atoms with van der Waals surface area (Å²) in [7, 11) is 1.60. The third-order valence-electron chi connectivity index (χ3n) is 2.16. The number of carbonyl (C=O) groups excluding carboxylic acids is 1. The monoisotopic (exact) mass is 284 g/mol. The molecule has 1 rings (SSSR count). The maximum Gasteiger partial charge on any atom is 0.164 e. The Balaban J connectivity index is 2.98. The first-order valence-electron chi connectivity index (χ1n) is 5.20. The lowest BCUT2D eigenvalue weighted by atomic mass is 9.88. The molecule has 1 aromatic carbocycles. The molecule has 0 spiro atoms. The molecule has 0 N–H and O–H groups in total. The summed E-state index contributed by atoms with van der Waals surface area (Å²) < 4.78 is 5.94. The molecule has 2 nitrogen and oxygen atoms in total. The average molecular weight is 285 g/mol. The average Bonchev–Trinajstić information content (AvgIpc) is 2.15. The molecule has 0 aliphatic heterocycles. The number of halogens is 1. The first-order valence-corrected chi connectivity index (χ1v) is 5.99. The van der Waals surface area contributed by atoms with Gasteiger partial charge in [-0.3, -0.25) is 4.79 Å². The summed E-state index contributed by atoms with van der Waals surface area (Å²) in [6.07, 6.45) is 0.527. The predicted molar refractivity (Wildman–Crippen MR) is 69.1 cm³/mol. The molecule has 0 fully saturated rings. The maximum atomic E-state index is 12.1. The lowest BCUT2D eigenvalue weighted by Crippen LogP contribution is -2.13. The number of carbonyl (C=O) groups is 1. The quantitative estimate of drug-likeness (QED) is 0.782. The zero-order valence-electron chi connectivity index (χ0n) is 10.1. The van der Waals surface area contributed by atoms with E-state index in [2.05, 4.69) is 36.7 Å². The Morgan fingerprint density at radius 2 is 2.00 bits per heavy atom. The van der Waals surface area contributed by atoms with Gasteiger partial charge in [0.25, 0.3) is 0 Å². The summed E-state index contributed by atoms with van der Waals surface area (Å²) in [6.45, 7) is 6.16. The Hall–Kier alpha value is -0.830. The highest BCUT2D eigenvalue weighted by Gasteiger charge is 2.19. The molecule has 0 bridgehead atoms. The van der Waals surface area contributed by atoms with Gasteiger partial charge in [0.15, 0.2) is 5.78 Å². The van der Waals surface area contributed by atoms with E-state index in [4.69, 9.17) is 4.74 Å². The first-order chi connectivity index (χ1) is 7.33. The third-order valence-corrected chi connectivity index (χ3v) is 2.86. The van der Waals surface area contributed by atoms with E-state index in [1.54, 1.807) is 13.2 Å². The van der Waals surface area contributed by atoms with Crippen LogP contribution in [0.5, 0.6) is 5.75 Å². The van der Waals surface area contributed by atoms with Crippen molar-refractivity contribution in [2.45, 2.75) is 27.2 Å². The minimum Gasteiger partial charge on any atom is -0.497 e. The molecule has 16 heavy (non-hydrogen) atoms. The highest BCUT2D eigenvalue weighted by atomic mass is 79.9. The van der Waals surface area contributed by atoms with E-state index in [1.807, 2.05) is 12.1 Å². The molecular weight excluding hydrogens is 268 g/mol. The van der Waals surface area contributed by atoms with Crippen LogP contribution >= 0.6 is 15.9 Å². The Kier molecular flexibility index (Phi) is 4.14. The van der Waals surface area contributed by atoms with Crippen molar-refractivity contribution >= 4 is 21.7 Å². The van der Waals surface area contributed by atoms with Crippen molar-refractivity contribution in [3.63, 3.8) is 0 Å². The standard InChI is InChI=1S/C13H17BrO2/c1-13(2,3)8-12(15)10-7-9(16-4)5-6-11(10)14/h5-7H,8H2,1-4H3. The Morgan fingerprint density at radius 1 is 1.38 bits per heavy atom. The second kappa shape index (κ2) is 5.00. The van der Waals surface area contributed by atoms with Crippen LogP contribution in [-0.4, -0.2) is 12.9 Å². The molecule has 3 heteroatoms.